The van der Waals surface area contributed by atoms with Gasteiger partial charge in [-0.15, -0.1) is 0 Å². The molecule has 0 amide bonds. The van der Waals surface area contributed by atoms with Crippen LogP contribution in [0.5, 0.6) is 0 Å². The van der Waals surface area contributed by atoms with Crippen LogP contribution in [0.1, 0.15) is 26.3 Å². The number of carboxylic acids is 1. The summed E-state index contributed by atoms with van der Waals surface area (Å²) in [7, 11) is 0. The van der Waals surface area contributed by atoms with Crippen molar-refractivity contribution < 1.29 is 19.4 Å². The predicted molar refractivity (Wildman–Crippen MR) is 75.2 cm³/mol. The highest BCUT2D eigenvalue weighted by molar-refractivity contribution is 5.74. The van der Waals surface area contributed by atoms with Crippen molar-refractivity contribution in [1.29, 1.82) is 0 Å². The summed E-state index contributed by atoms with van der Waals surface area (Å²) in [6.07, 6.45) is 0. The van der Waals surface area contributed by atoms with Crippen LogP contribution in [0.2, 0.25) is 0 Å². The molecule has 0 saturated heterocycles. The number of ether oxygens (including phenoxy) is 1. The quantitative estimate of drug-likeness (QED) is 0.806. The van der Waals surface area contributed by atoms with Gasteiger partial charge < -0.3 is 9.84 Å². The largest absolute Gasteiger partial charge is 0.480 e. The maximum Gasteiger partial charge on any atom is 0.320 e. The molecule has 20 heavy (non-hydrogen) atoms. The van der Waals surface area contributed by atoms with E-state index in [-0.39, 0.29) is 13.1 Å². The number of nitrogens with zero attached hydrogens (tertiary/aromatic N) is 1. The number of aliphatic carboxylic acids is 1. The first-order valence-electron chi connectivity index (χ1n) is 6.46. The van der Waals surface area contributed by atoms with Gasteiger partial charge in [0.2, 0.25) is 0 Å². The molecular weight excluding hydrogens is 258 g/mol. The Morgan fingerprint density at radius 2 is 1.75 bits per heavy atom. The molecule has 1 N–H and O–H groups in total. The highest BCUT2D eigenvalue weighted by Crippen LogP contribution is 2.09. The number of hydrogen-bond donors (Lipinski definition) is 1. The average Bonchev–Trinajstić information content (AvgIpc) is 2.26. The standard InChI is InChI=1S/C15H21NO4/c1-15(2,3)20-14(19)11-16(10-13(17)18)9-12-7-5-4-6-8-12/h4-8H,9-11H2,1-3H3,(H,17,18). The van der Waals surface area contributed by atoms with Crippen molar-refractivity contribution in [2.24, 2.45) is 0 Å². The molecule has 0 spiro atoms. The lowest BCUT2D eigenvalue weighted by Crippen LogP contribution is -2.37. The fourth-order valence-electron chi connectivity index (χ4n) is 1.76. The van der Waals surface area contributed by atoms with Crippen LogP contribution in [-0.2, 0) is 20.9 Å². The molecule has 0 aliphatic heterocycles. The summed E-state index contributed by atoms with van der Waals surface area (Å²) in [5.41, 5.74) is 0.385. The minimum atomic E-state index is -0.968. The van der Waals surface area contributed by atoms with Gasteiger partial charge in [-0.25, -0.2) is 0 Å². The van der Waals surface area contributed by atoms with Gasteiger partial charge in [-0.1, -0.05) is 30.3 Å². The van der Waals surface area contributed by atoms with Crippen LogP contribution in [0.4, 0.5) is 0 Å². The number of hydrogen-bond acceptors (Lipinski definition) is 4. The maximum absolute atomic E-state index is 11.8. The fraction of sp³-hybridized carbons (Fsp3) is 0.467. The fourth-order valence-corrected chi connectivity index (χ4v) is 1.76. The summed E-state index contributed by atoms with van der Waals surface area (Å²) < 4.78 is 5.21. The Balaban J connectivity index is 2.65. The highest BCUT2D eigenvalue weighted by Gasteiger charge is 2.20. The Morgan fingerprint density at radius 1 is 1.15 bits per heavy atom. The molecule has 0 saturated carbocycles. The van der Waals surface area contributed by atoms with Gasteiger partial charge in [-0.2, -0.15) is 0 Å². The number of rotatable bonds is 6. The zero-order chi connectivity index (χ0) is 15.2. The molecule has 0 unspecified atom stereocenters. The third-order valence-corrected chi connectivity index (χ3v) is 2.38. The topological polar surface area (TPSA) is 66.8 Å². The first-order valence-corrected chi connectivity index (χ1v) is 6.46. The lowest BCUT2D eigenvalue weighted by atomic mass is 10.2. The van der Waals surface area contributed by atoms with Crippen molar-refractivity contribution in [2.75, 3.05) is 13.1 Å². The van der Waals surface area contributed by atoms with E-state index in [1.165, 1.54) is 0 Å². The molecule has 0 radical (unpaired) electrons. The molecule has 0 bridgehead atoms. The summed E-state index contributed by atoms with van der Waals surface area (Å²) in [4.78, 5) is 24.2. The van der Waals surface area contributed by atoms with E-state index in [1.54, 1.807) is 25.7 Å². The SMILES string of the molecule is CC(C)(C)OC(=O)CN(CC(=O)O)Cc1ccccc1. The number of carboxylic acid groups (broad SMARTS) is 1. The summed E-state index contributed by atoms with van der Waals surface area (Å²) in [6.45, 7) is 5.50. The summed E-state index contributed by atoms with van der Waals surface area (Å²) >= 11 is 0. The van der Waals surface area contributed by atoms with Crippen molar-refractivity contribution in [1.82, 2.24) is 4.90 Å². The zero-order valence-corrected chi connectivity index (χ0v) is 12.1. The Bertz CT molecular complexity index is 451. The van der Waals surface area contributed by atoms with E-state index in [0.717, 1.165) is 5.56 Å². The normalized spacial score (nSPS) is 11.4. The highest BCUT2D eigenvalue weighted by atomic mass is 16.6. The molecule has 1 aromatic rings. The molecule has 5 heteroatoms. The molecule has 5 nitrogen and oxygen atoms in total. The molecule has 0 fully saturated rings. The van der Waals surface area contributed by atoms with Crippen LogP contribution < -0.4 is 0 Å². The van der Waals surface area contributed by atoms with E-state index >= 15 is 0 Å². The lowest BCUT2D eigenvalue weighted by Gasteiger charge is -2.24. The third kappa shape index (κ3) is 6.89. The second kappa shape index (κ2) is 7.05. The third-order valence-electron chi connectivity index (χ3n) is 2.38. The summed E-state index contributed by atoms with van der Waals surface area (Å²) in [6, 6.07) is 9.43. The van der Waals surface area contributed by atoms with E-state index in [0.29, 0.717) is 6.54 Å². The molecular formula is C15H21NO4. The Labute approximate surface area is 119 Å². The minimum absolute atomic E-state index is 0.0432. The van der Waals surface area contributed by atoms with Crippen molar-refractivity contribution in [2.45, 2.75) is 32.9 Å². The van der Waals surface area contributed by atoms with Gasteiger partial charge in [0.05, 0.1) is 13.1 Å². The van der Waals surface area contributed by atoms with Crippen molar-refractivity contribution >= 4 is 11.9 Å². The van der Waals surface area contributed by atoms with E-state index in [1.807, 2.05) is 30.3 Å². The zero-order valence-electron chi connectivity index (χ0n) is 12.1. The van der Waals surface area contributed by atoms with E-state index in [4.69, 9.17) is 9.84 Å². The van der Waals surface area contributed by atoms with Gasteiger partial charge in [0.15, 0.2) is 0 Å². The van der Waals surface area contributed by atoms with Crippen molar-refractivity contribution in [3.8, 4) is 0 Å². The van der Waals surface area contributed by atoms with E-state index in [9.17, 15) is 9.59 Å². The van der Waals surface area contributed by atoms with Gasteiger partial charge in [-0.05, 0) is 26.3 Å². The van der Waals surface area contributed by atoms with Crippen LogP contribution in [0.25, 0.3) is 0 Å². The molecule has 0 aliphatic carbocycles. The average molecular weight is 279 g/mol. The van der Waals surface area contributed by atoms with Gasteiger partial charge in [0.1, 0.15) is 5.60 Å². The second-order valence-electron chi connectivity index (χ2n) is 5.61. The molecule has 0 aromatic heterocycles. The second-order valence-corrected chi connectivity index (χ2v) is 5.61. The maximum atomic E-state index is 11.8. The van der Waals surface area contributed by atoms with Crippen molar-refractivity contribution in [3.05, 3.63) is 35.9 Å². The molecule has 0 atom stereocenters. The number of benzene rings is 1. The van der Waals surface area contributed by atoms with Gasteiger partial charge >= 0.3 is 11.9 Å². The summed E-state index contributed by atoms with van der Waals surface area (Å²) in [5.74, 6) is -1.39. The first kappa shape index (κ1) is 16.2. The van der Waals surface area contributed by atoms with Crippen LogP contribution in [0.15, 0.2) is 30.3 Å². The minimum Gasteiger partial charge on any atom is -0.480 e. The Hall–Kier alpha value is -1.88. The molecule has 1 rings (SSSR count). The predicted octanol–water partition coefficient (Wildman–Crippen LogP) is 1.91. The monoisotopic (exact) mass is 279 g/mol. The van der Waals surface area contributed by atoms with Gasteiger partial charge in [0.25, 0.3) is 0 Å². The van der Waals surface area contributed by atoms with Crippen LogP contribution in [-0.4, -0.2) is 40.6 Å². The molecule has 1 aromatic carbocycles. The van der Waals surface area contributed by atoms with Gasteiger partial charge in [-0.3, -0.25) is 14.5 Å². The summed E-state index contributed by atoms with van der Waals surface area (Å²) in [5, 5.41) is 8.91. The lowest BCUT2D eigenvalue weighted by molar-refractivity contribution is -0.156. The number of esters is 1. The van der Waals surface area contributed by atoms with E-state index in [2.05, 4.69) is 0 Å². The Kier molecular flexibility index (Phi) is 5.70. The first-order chi connectivity index (χ1) is 9.26. The van der Waals surface area contributed by atoms with E-state index < -0.39 is 17.5 Å². The molecule has 110 valence electrons. The molecule has 0 aliphatic rings. The van der Waals surface area contributed by atoms with Gasteiger partial charge in [0, 0.05) is 6.54 Å². The number of carbonyl (C=O) groups is 2. The molecule has 0 heterocycles. The van der Waals surface area contributed by atoms with Crippen LogP contribution >= 0.6 is 0 Å². The smallest absolute Gasteiger partial charge is 0.320 e. The number of carbonyl (C=O) groups excluding carboxylic acids is 1. The van der Waals surface area contributed by atoms with Crippen molar-refractivity contribution in [3.63, 3.8) is 0 Å². The van der Waals surface area contributed by atoms with Crippen LogP contribution in [0, 0.1) is 0 Å². The Morgan fingerprint density at radius 3 is 2.25 bits per heavy atom. The van der Waals surface area contributed by atoms with Crippen LogP contribution in [0.3, 0.4) is 0 Å².